The van der Waals surface area contributed by atoms with Gasteiger partial charge in [-0.15, -0.1) is 0 Å². The number of nitriles is 1. The molecule has 1 aliphatic rings. The molecule has 1 rings (SSSR count). The van der Waals surface area contributed by atoms with Gasteiger partial charge < -0.3 is 4.90 Å². The summed E-state index contributed by atoms with van der Waals surface area (Å²) in [6.45, 7) is 18.4. The highest BCUT2D eigenvalue weighted by Crippen LogP contribution is 2.42. The summed E-state index contributed by atoms with van der Waals surface area (Å²) in [7, 11) is 0. The van der Waals surface area contributed by atoms with Crippen LogP contribution >= 0.6 is 0 Å². The third kappa shape index (κ3) is 3.54. The molecule has 132 valence electrons. The van der Waals surface area contributed by atoms with Crippen molar-refractivity contribution in [3.05, 3.63) is 0 Å². The Kier molecular flexibility index (Phi) is 5.26. The van der Waals surface area contributed by atoms with Crippen molar-refractivity contribution in [3.63, 3.8) is 0 Å². The van der Waals surface area contributed by atoms with Crippen LogP contribution in [0.25, 0.3) is 0 Å². The first-order valence-corrected chi connectivity index (χ1v) is 8.50. The molecule has 5 heteroatoms. The molecule has 0 saturated carbocycles. The Morgan fingerprint density at radius 2 is 1.65 bits per heavy atom. The Hall–Kier alpha value is -1.12. The van der Waals surface area contributed by atoms with Crippen molar-refractivity contribution >= 4 is 5.91 Å². The molecule has 0 bridgehead atoms. The third-order valence-electron chi connectivity index (χ3n) is 4.70. The van der Waals surface area contributed by atoms with Crippen LogP contribution in [0.15, 0.2) is 0 Å². The fourth-order valence-corrected chi connectivity index (χ4v) is 3.28. The lowest BCUT2D eigenvalue weighted by Crippen LogP contribution is -2.75. The molecule has 0 aliphatic carbocycles. The lowest BCUT2D eigenvalue weighted by atomic mass is 9.80. The first kappa shape index (κ1) is 19.9. The molecule has 0 spiro atoms. The number of amides is 1. The average Bonchev–Trinajstić information content (AvgIpc) is 2.43. The fourth-order valence-electron chi connectivity index (χ4n) is 3.28. The number of rotatable bonds is 4. The van der Waals surface area contributed by atoms with Gasteiger partial charge in [0.25, 0.3) is 0 Å². The molecule has 1 fully saturated rings. The van der Waals surface area contributed by atoms with E-state index >= 15 is 0 Å². The molecule has 1 saturated heterocycles. The number of carbonyl (C=O) groups is 1. The van der Waals surface area contributed by atoms with Gasteiger partial charge in [-0.3, -0.25) is 9.63 Å². The van der Waals surface area contributed by atoms with Gasteiger partial charge >= 0.3 is 0 Å². The summed E-state index contributed by atoms with van der Waals surface area (Å²) in [6.07, 6.45) is 1.28. The van der Waals surface area contributed by atoms with Crippen molar-refractivity contribution in [1.29, 1.82) is 5.26 Å². The Morgan fingerprint density at radius 1 is 1.17 bits per heavy atom. The lowest BCUT2D eigenvalue weighted by Gasteiger charge is -2.59. The van der Waals surface area contributed by atoms with E-state index in [0.29, 0.717) is 19.4 Å². The number of hydrogen-bond donors (Lipinski definition) is 0. The summed E-state index contributed by atoms with van der Waals surface area (Å²) in [5.41, 5.74) is -2.36. The maximum Gasteiger partial charge on any atom is 0.245 e. The van der Waals surface area contributed by atoms with E-state index in [1.165, 1.54) is 0 Å². The van der Waals surface area contributed by atoms with Gasteiger partial charge in [0.15, 0.2) is 5.60 Å². The second kappa shape index (κ2) is 6.07. The van der Waals surface area contributed by atoms with Gasteiger partial charge in [0.2, 0.25) is 5.91 Å². The quantitative estimate of drug-likeness (QED) is 0.794. The predicted octanol–water partition coefficient (Wildman–Crippen LogP) is 3.50. The minimum Gasteiger partial charge on any atom is -0.334 e. The number of piperazine rings is 1. The van der Waals surface area contributed by atoms with Crippen LogP contribution < -0.4 is 0 Å². The maximum absolute atomic E-state index is 13.3. The Labute approximate surface area is 141 Å². The maximum atomic E-state index is 13.3. The summed E-state index contributed by atoms with van der Waals surface area (Å²) in [6, 6.07) is 2.18. The van der Waals surface area contributed by atoms with Crippen molar-refractivity contribution in [2.75, 3.05) is 6.54 Å². The van der Waals surface area contributed by atoms with Crippen LogP contribution in [-0.4, -0.2) is 44.6 Å². The van der Waals surface area contributed by atoms with E-state index in [1.807, 2.05) is 23.8 Å². The van der Waals surface area contributed by atoms with E-state index in [4.69, 9.17) is 4.84 Å². The van der Waals surface area contributed by atoms with E-state index in [9.17, 15) is 10.1 Å². The van der Waals surface area contributed by atoms with E-state index < -0.39 is 11.1 Å². The van der Waals surface area contributed by atoms with Crippen LogP contribution in [0.5, 0.6) is 0 Å². The summed E-state index contributed by atoms with van der Waals surface area (Å²) >= 11 is 0. The van der Waals surface area contributed by atoms with Gasteiger partial charge in [-0.05, 0) is 61.3 Å². The monoisotopic (exact) mass is 323 g/mol. The highest BCUT2D eigenvalue weighted by molar-refractivity contribution is 5.88. The SMILES string of the molecule is CCC1(CC)C(=O)N(C(C)(C)C)CC(C)(C)N1OC(C)(C)C#N. The molecule has 1 heterocycles. The Bertz CT molecular complexity index is 493. The summed E-state index contributed by atoms with van der Waals surface area (Å²) in [4.78, 5) is 21.4. The molecule has 0 aromatic carbocycles. The van der Waals surface area contributed by atoms with Gasteiger partial charge in [0, 0.05) is 12.1 Å². The first-order chi connectivity index (χ1) is 10.3. The second-order valence-electron chi connectivity index (χ2n) is 8.62. The third-order valence-corrected chi connectivity index (χ3v) is 4.70. The molecular formula is C18H33N3O2. The number of hydrogen-bond acceptors (Lipinski definition) is 4. The van der Waals surface area contributed by atoms with Gasteiger partial charge in [-0.25, -0.2) is 0 Å². The van der Waals surface area contributed by atoms with Crippen LogP contribution in [0.4, 0.5) is 0 Å². The summed E-state index contributed by atoms with van der Waals surface area (Å²) < 4.78 is 0. The van der Waals surface area contributed by atoms with Gasteiger partial charge in [0.1, 0.15) is 5.54 Å². The van der Waals surface area contributed by atoms with E-state index in [-0.39, 0.29) is 17.0 Å². The lowest BCUT2D eigenvalue weighted by molar-refractivity contribution is -0.321. The Balaban J connectivity index is 3.45. The van der Waals surface area contributed by atoms with E-state index in [2.05, 4.69) is 40.7 Å². The summed E-state index contributed by atoms with van der Waals surface area (Å²) in [5, 5.41) is 11.2. The van der Waals surface area contributed by atoms with Crippen molar-refractivity contribution in [1.82, 2.24) is 9.96 Å². The zero-order valence-electron chi connectivity index (χ0n) is 16.3. The van der Waals surface area contributed by atoms with Gasteiger partial charge in [-0.1, -0.05) is 13.8 Å². The molecule has 0 aromatic heterocycles. The molecule has 0 atom stereocenters. The summed E-state index contributed by atoms with van der Waals surface area (Å²) in [5.74, 6) is 0.0862. The molecule has 0 radical (unpaired) electrons. The van der Waals surface area contributed by atoms with Crippen molar-refractivity contribution in [3.8, 4) is 6.07 Å². The van der Waals surface area contributed by atoms with Crippen LogP contribution in [0, 0.1) is 11.3 Å². The highest BCUT2D eigenvalue weighted by Gasteiger charge is 2.58. The molecule has 0 aromatic rings. The molecule has 5 nitrogen and oxygen atoms in total. The largest absolute Gasteiger partial charge is 0.334 e. The minimum atomic E-state index is -0.975. The van der Waals surface area contributed by atoms with Crippen molar-refractivity contribution in [2.24, 2.45) is 0 Å². The van der Waals surface area contributed by atoms with Crippen LogP contribution in [-0.2, 0) is 9.63 Å². The smallest absolute Gasteiger partial charge is 0.245 e. The van der Waals surface area contributed by atoms with E-state index in [1.54, 1.807) is 13.8 Å². The molecule has 23 heavy (non-hydrogen) atoms. The van der Waals surface area contributed by atoms with Crippen LogP contribution in [0.3, 0.4) is 0 Å². The number of nitrogens with zero attached hydrogens (tertiary/aromatic N) is 3. The first-order valence-electron chi connectivity index (χ1n) is 8.50. The fraction of sp³-hybridized carbons (Fsp3) is 0.889. The average molecular weight is 323 g/mol. The van der Waals surface area contributed by atoms with Crippen molar-refractivity contribution in [2.45, 2.75) is 97.4 Å². The molecule has 0 unspecified atom stereocenters. The van der Waals surface area contributed by atoms with Crippen LogP contribution in [0.1, 0.15) is 75.2 Å². The van der Waals surface area contributed by atoms with Gasteiger partial charge in [0.05, 0.1) is 11.6 Å². The predicted molar refractivity (Wildman–Crippen MR) is 91.5 cm³/mol. The van der Waals surface area contributed by atoms with Crippen LogP contribution in [0.2, 0.25) is 0 Å². The van der Waals surface area contributed by atoms with E-state index in [0.717, 1.165) is 0 Å². The molecular weight excluding hydrogens is 290 g/mol. The number of hydroxylamine groups is 2. The normalized spacial score (nSPS) is 22.1. The minimum absolute atomic E-state index is 0.0862. The van der Waals surface area contributed by atoms with Gasteiger partial charge in [-0.2, -0.15) is 10.3 Å². The molecule has 0 N–H and O–H groups in total. The molecule has 1 amide bonds. The zero-order valence-corrected chi connectivity index (χ0v) is 16.3. The number of carbonyl (C=O) groups excluding carboxylic acids is 1. The molecule has 1 aliphatic heterocycles. The topological polar surface area (TPSA) is 56.6 Å². The second-order valence-corrected chi connectivity index (χ2v) is 8.62. The Morgan fingerprint density at radius 3 is 2.00 bits per heavy atom. The highest BCUT2D eigenvalue weighted by atomic mass is 16.7. The van der Waals surface area contributed by atoms with Crippen molar-refractivity contribution < 1.29 is 9.63 Å². The zero-order chi connectivity index (χ0) is 18.3. The standard InChI is InChI=1S/C18H33N3O2/c1-10-18(11-2)14(22)20(15(3,4)5)13-16(6,7)21(18)23-17(8,9)12-19/h10-11,13H2,1-9H3.